The van der Waals surface area contributed by atoms with Gasteiger partial charge in [-0.15, -0.1) is 0 Å². The summed E-state index contributed by atoms with van der Waals surface area (Å²) in [5.74, 6) is 0.238. The van der Waals surface area contributed by atoms with Crippen molar-refractivity contribution in [2.45, 2.75) is 91.6 Å². The van der Waals surface area contributed by atoms with Gasteiger partial charge in [-0.25, -0.2) is 0 Å². The van der Waals surface area contributed by atoms with E-state index in [1.807, 2.05) is 13.0 Å². The molecule has 0 aromatic heterocycles. The third-order valence-corrected chi connectivity index (χ3v) is 8.93. The lowest BCUT2D eigenvalue weighted by Crippen LogP contribution is -2.48. The van der Waals surface area contributed by atoms with E-state index in [4.69, 9.17) is 9.47 Å². The second-order valence-corrected chi connectivity index (χ2v) is 11.0. The average Bonchev–Trinajstić information content (AvgIpc) is 3.15. The minimum Gasteiger partial charge on any atom is -0.458 e. The summed E-state index contributed by atoms with van der Waals surface area (Å²) >= 11 is 0. The van der Waals surface area contributed by atoms with Gasteiger partial charge in [-0.1, -0.05) is 50.8 Å². The highest BCUT2D eigenvalue weighted by atomic mass is 16.5. The van der Waals surface area contributed by atoms with Gasteiger partial charge in [0.05, 0.1) is 0 Å². The molecule has 4 aliphatic rings. The van der Waals surface area contributed by atoms with Crippen LogP contribution < -0.4 is 0 Å². The van der Waals surface area contributed by atoms with Crippen LogP contribution >= 0.6 is 0 Å². The number of ketones is 2. The third kappa shape index (κ3) is 4.36. The van der Waals surface area contributed by atoms with Crippen molar-refractivity contribution in [1.82, 2.24) is 0 Å². The van der Waals surface area contributed by atoms with Crippen LogP contribution in [0, 0.1) is 22.7 Å². The van der Waals surface area contributed by atoms with Crippen LogP contribution in [0.3, 0.4) is 0 Å². The number of unbranched alkanes of at least 4 members (excludes halogenated alkanes) is 2. The molecule has 5 atom stereocenters. The van der Waals surface area contributed by atoms with Gasteiger partial charge in [-0.2, -0.15) is 0 Å². The van der Waals surface area contributed by atoms with Crippen molar-refractivity contribution in [3.8, 4) is 0 Å². The Morgan fingerprint density at radius 2 is 1.91 bits per heavy atom. The van der Waals surface area contributed by atoms with Gasteiger partial charge in [0.1, 0.15) is 12.7 Å². The fourth-order valence-electron chi connectivity index (χ4n) is 7.15. The molecule has 186 valence electrons. The lowest BCUT2D eigenvalue weighted by atomic mass is 9.53. The standard InChI is InChI=1S/C29H40O5/c1-5-7-8-15-33-18-24(31)23-12-11-22-21-10-9-19-16-20(30)13-14-28(19,3)27(21)25(17-29(22,23)4)34-26(32)6-2/h13-14,16,22-23,25H,5-12,15,17-18H2,1-4H3/t22-,23+,25?,28-,29-/m0/s1. The average molecular weight is 469 g/mol. The molecule has 1 fully saturated rings. The molecule has 5 heteroatoms. The Bertz CT molecular complexity index is 940. The minimum atomic E-state index is -0.397. The van der Waals surface area contributed by atoms with E-state index < -0.39 is 5.41 Å². The van der Waals surface area contributed by atoms with Crippen LogP contribution in [0.1, 0.15) is 85.5 Å². The fraction of sp³-hybridized carbons (Fsp3) is 0.690. The second kappa shape index (κ2) is 9.93. The molecule has 0 aromatic carbocycles. The van der Waals surface area contributed by atoms with Crippen LogP contribution in [-0.4, -0.2) is 36.9 Å². The topological polar surface area (TPSA) is 69.7 Å². The van der Waals surface area contributed by atoms with Gasteiger partial charge in [0.15, 0.2) is 11.6 Å². The first-order valence-corrected chi connectivity index (χ1v) is 13.2. The molecule has 1 unspecified atom stereocenters. The molecule has 4 aliphatic carbocycles. The van der Waals surface area contributed by atoms with Crippen molar-refractivity contribution >= 4 is 17.5 Å². The Kier molecular flexibility index (Phi) is 7.33. The predicted molar refractivity (Wildman–Crippen MR) is 131 cm³/mol. The lowest BCUT2D eigenvalue weighted by molar-refractivity contribution is -0.150. The summed E-state index contributed by atoms with van der Waals surface area (Å²) in [7, 11) is 0. The number of Topliss-reactive ketones (excluding diaryl/α,β-unsaturated/α-hetero) is 1. The molecule has 0 N–H and O–H groups in total. The van der Waals surface area contributed by atoms with Gasteiger partial charge in [0.2, 0.25) is 0 Å². The molecule has 5 nitrogen and oxygen atoms in total. The Hall–Kier alpha value is -2.01. The molecule has 1 saturated carbocycles. The molecule has 0 amide bonds. The number of ether oxygens (including phenoxy) is 2. The van der Waals surface area contributed by atoms with E-state index in [0.717, 1.165) is 50.5 Å². The highest BCUT2D eigenvalue weighted by molar-refractivity contribution is 6.01. The minimum absolute atomic E-state index is 0.0322. The van der Waals surface area contributed by atoms with E-state index in [1.54, 1.807) is 12.2 Å². The SMILES string of the molecule is CCCCCOCC(=O)[C@H]1CC[C@H]2C3=C(C(OC(=O)CC)C[C@]12C)[C@@]1(C)C=CC(=O)C=C1CC3. The first-order chi connectivity index (χ1) is 16.2. The Balaban J connectivity index is 1.65. The quantitative estimate of drug-likeness (QED) is 0.247. The summed E-state index contributed by atoms with van der Waals surface area (Å²) in [5, 5.41) is 0. The van der Waals surface area contributed by atoms with E-state index in [1.165, 1.54) is 11.1 Å². The van der Waals surface area contributed by atoms with Crippen LogP contribution in [0.15, 0.2) is 34.9 Å². The summed E-state index contributed by atoms with van der Waals surface area (Å²) in [6.45, 7) is 9.18. The van der Waals surface area contributed by atoms with Crippen LogP contribution in [0.2, 0.25) is 0 Å². The molecular formula is C29H40O5. The lowest BCUT2D eigenvalue weighted by Gasteiger charge is -2.52. The highest BCUT2D eigenvalue weighted by Crippen LogP contribution is 2.64. The summed E-state index contributed by atoms with van der Waals surface area (Å²) in [5.41, 5.74) is 3.01. The van der Waals surface area contributed by atoms with Gasteiger partial charge in [0.25, 0.3) is 0 Å². The predicted octanol–water partition coefficient (Wildman–Crippen LogP) is 5.68. The smallest absolute Gasteiger partial charge is 0.306 e. The first-order valence-electron chi connectivity index (χ1n) is 13.2. The normalized spacial score (nSPS) is 34.3. The van der Waals surface area contributed by atoms with Crippen molar-refractivity contribution in [1.29, 1.82) is 0 Å². The molecule has 4 rings (SSSR count). The van der Waals surface area contributed by atoms with Gasteiger partial charge < -0.3 is 9.47 Å². The van der Waals surface area contributed by atoms with Crippen LogP contribution in [0.5, 0.6) is 0 Å². The molecule has 0 heterocycles. The first kappa shape index (κ1) is 25.1. The molecular weight excluding hydrogens is 428 g/mol. The zero-order chi connectivity index (χ0) is 24.5. The summed E-state index contributed by atoms with van der Waals surface area (Å²) in [6, 6.07) is 0. The zero-order valence-corrected chi connectivity index (χ0v) is 21.3. The summed E-state index contributed by atoms with van der Waals surface area (Å²) < 4.78 is 11.8. The number of allylic oxidation sites excluding steroid dienone is 5. The zero-order valence-electron chi connectivity index (χ0n) is 21.3. The van der Waals surface area contributed by atoms with Crippen molar-refractivity contribution < 1.29 is 23.9 Å². The Morgan fingerprint density at radius 1 is 1.12 bits per heavy atom. The molecule has 34 heavy (non-hydrogen) atoms. The van der Waals surface area contributed by atoms with E-state index >= 15 is 0 Å². The van der Waals surface area contributed by atoms with E-state index in [2.05, 4.69) is 20.8 Å². The highest BCUT2D eigenvalue weighted by Gasteiger charge is 2.58. The monoisotopic (exact) mass is 468 g/mol. The second-order valence-electron chi connectivity index (χ2n) is 11.0. The van der Waals surface area contributed by atoms with Gasteiger partial charge in [0, 0.05) is 24.4 Å². The summed E-state index contributed by atoms with van der Waals surface area (Å²) in [6.07, 6.45) is 12.8. The van der Waals surface area contributed by atoms with Crippen molar-refractivity contribution in [2.24, 2.45) is 22.7 Å². The number of carbonyl (C=O) groups excluding carboxylic acids is 3. The van der Waals surface area contributed by atoms with E-state index in [9.17, 15) is 14.4 Å². The Morgan fingerprint density at radius 3 is 2.65 bits per heavy atom. The molecule has 0 saturated heterocycles. The molecule has 0 bridgehead atoms. The number of esters is 1. The van der Waals surface area contributed by atoms with Gasteiger partial charge >= 0.3 is 5.97 Å². The van der Waals surface area contributed by atoms with Crippen LogP contribution in [0.25, 0.3) is 0 Å². The number of carbonyl (C=O) groups is 3. The van der Waals surface area contributed by atoms with Crippen molar-refractivity contribution in [3.63, 3.8) is 0 Å². The number of rotatable bonds is 9. The van der Waals surface area contributed by atoms with Gasteiger partial charge in [-0.05, 0) is 74.5 Å². The molecule has 0 aromatic rings. The third-order valence-electron chi connectivity index (χ3n) is 8.93. The maximum absolute atomic E-state index is 13.3. The Labute approximate surface area is 204 Å². The number of hydrogen-bond donors (Lipinski definition) is 0. The maximum Gasteiger partial charge on any atom is 0.306 e. The van der Waals surface area contributed by atoms with Crippen molar-refractivity contribution in [3.05, 3.63) is 34.9 Å². The largest absolute Gasteiger partial charge is 0.458 e. The van der Waals surface area contributed by atoms with Crippen LogP contribution in [-0.2, 0) is 23.9 Å². The summed E-state index contributed by atoms with van der Waals surface area (Å²) in [4.78, 5) is 37.9. The molecule has 0 aliphatic heterocycles. The van der Waals surface area contributed by atoms with Crippen molar-refractivity contribution in [2.75, 3.05) is 13.2 Å². The van der Waals surface area contributed by atoms with Gasteiger partial charge in [-0.3, -0.25) is 14.4 Å². The van der Waals surface area contributed by atoms with E-state index in [-0.39, 0.29) is 41.6 Å². The maximum atomic E-state index is 13.3. The number of hydrogen-bond acceptors (Lipinski definition) is 5. The number of fused-ring (bicyclic) bond motifs is 4. The fourth-order valence-corrected chi connectivity index (χ4v) is 7.15. The van der Waals surface area contributed by atoms with E-state index in [0.29, 0.717) is 25.4 Å². The van der Waals surface area contributed by atoms with Crippen LogP contribution in [0.4, 0.5) is 0 Å². The molecule has 0 spiro atoms. The molecule has 0 radical (unpaired) electrons.